The normalized spacial score (nSPS) is 16.2. The van der Waals surface area contributed by atoms with Gasteiger partial charge in [-0.15, -0.1) is 0 Å². The molecule has 0 saturated carbocycles. The van der Waals surface area contributed by atoms with E-state index in [-0.39, 0.29) is 17.7 Å². The Morgan fingerprint density at radius 2 is 1.79 bits per heavy atom. The van der Waals surface area contributed by atoms with Gasteiger partial charge < -0.3 is 5.32 Å². The molecule has 2 aromatic carbocycles. The average Bonchev–Trinajstić information content (AvgIpc) is 2.68. The van der Waals surface area contributed by atoms with Crippen molar-refractivity contribution in [3.8, 4) is 0 Å². The first kappa shape index (κ1) is 21.3. The maximum Gasteiger partial charge on any atom is 0.244 e. The molecule has 1 aliphatic rings. The maximum atomic E-state index is 12.6. The van der Waals surface area contributed by atoms with E-state index >= 15 is 0 Å². The van der Waals surface area contributed by atoms with E-state index in [1.807, 2.05) is 62.4 Å². The molecule has 6 heteroatoms. The highest BCUT2D eigenvalue weighted by Crippen LogP contribution is 2.18. The van der Waals surface area contributed by atoms with Gasteiger partial charge in [-0.2, -0.15) is 0 Å². The third-order valence-corrected chi connectivity index (χ3v) is 7.08. The number of nitrogens with one attached hydrogen (secondary N) is 1. The van der Waals surface area contributed by atoms with Crippen molar-refractivity contribution in [1.29, 1.82) is 0 Å². The fourth-order valence-electron chi connectivity index (χ4n) is 3.58. The van der Waals surface area contributed by atoms with E-state index in [0.29, 0.717) is 25.9 Å². The van der Waals surface area contributed by atoms with Crippen LogP contribution < -0.4 is 5.32 Å². The van der Waals surface area contributed by atoms with Crippen LogP contribution in [0, 0.1) is 13.8 Å². The quantitative estimate of drug-likeness (QED) is 0.739. The molecule has 0 bridgehead atoms. The minimum Gasteiger partial charge on any atom is -0.350 e. The van der Waals surface area contributed by atoms with Crippen molar-refractivity contribution in [2.24, 2.45) is 0 Å². The highest BCUT2D eigenvalue weighted by molar-refractivity contribution is 7.88. The summed E-state index contributed by atoms with van der Waals surface area (Å²) in [6.07, 6.45) is 4.62. The van der Waals surface area contributed by atoms with Crippen molar-refractivity contribution >= 4 is 22.0 Å². The third kappa shape index (κ3) is 6.02. The fraction of sp³-hybridized carbons (Fsp3) is 0.348. The Balaban J connectivity index is 1.50. The van der Waals surface area contributed by atoms with E-state index in [0.717, 1.165) is 16.7 Å². The molecule has 0 radical (unpaired) electrons. The predicted octanol–water partition coefficient (Wildman–Crippen LogP) is 3.43. The van der Waals surface area contributed by atoms with E-state index < -0.39 is 10.0 Å². The lowest BCUT2D eigenvalue weighted by molar-refractivity contribution is -0.117. The zero-order valence-corrected chi connectivity index (χ0v) is 17.8. The van der Waals surface area contributed by atoms with Crippen molar-refractivity contribution in [2.75, 3.05) is 13.1 Å². The molecule has 0 atom stereocenters. The number of carbonyl (C=O) groups is 1. The Kier molecular flexibility index (Phi) is 6.87. The van der Waals surface area contributed by atoms with Crippen LogP contribution in [0.3, 0.4) is 0 Å². The first-order valence-corrected chi connectivity index (χ1v) is 11.5. The Morgan fingerprint density at radius 3 is 2.45 bits per heavy atom. The van der Waals surface area contributed by atoms with Crippen molar-refractivity contribution in [3.63, 3.8) is 0 Å². The lowest BCUT2D eigenvalue weighted by Crippen LogP contribution is -2.46. The largest absolute Gasteiger partial charge is 0.350 e. The summed E-state index contributed by atoms with van der Waals surface area (Å²) in [5, 5.41) is 2.99. The third-order valence-electron chi connectivity index (χ3n) is 5.23. The number of hydrogen-bond acceptors (Lipinski definition) is 3. The van der Waals surface area contributed by atoms with Crippen molar-refractivity contribution < 1.29 is 13.2 Å². The van der Waals surface area contributed by atoms with Gasteiger partial charge in [-0.1, -0.05) is 54.1 Å². The first-order valence-electron chi connectivity index (χ1n) is 9.91. The van der Waals surface area contributed by atoms with Crippen LogP contribution >= 0.6 is 0 Å². The van der Waals surface area contributed by atoms with Gasteiger partial charge in [0.1, 0.15) is 0 Å². The molecule has 1 saturated heterocycles. The monoisotopic (exact) mass is 412 g/mol. The second kappa shape index (κ2) is 9.37. The Labute approximate surface area is 173 Å². The summed E-state index contributed by atoms with van der Waals surface area (Å²) in [6.45, 7) is 4.93. The second-order valence-corrected chi connectivity index (χ2v) is 9.59. The van der Waals surface area contributed by atoms with Gasteiger partial charge in [0.15, 0.2) is 0 Å². The van der Waals surface area contributed by atoms with Gasteiger partial charge in [-0.05, 0) is 49.5 Å². The van der Waals surface area contributed by atoms with Gasteiger partial charge in [0.2, 0.25) is 15.9 Å². The molecule has 5 nitrogen and oxygen atoms in total. The molecule has 2 aromatic rings. The van der Waals surface area contributed by atoms with Crippen LogP contribution in [0.4, 0.5) is 0 Å². The van der Waals surface area contributed by atoms with Crippen LogP contribution in [-0.4, -0.2) is 37.8 Å². The molecule has 3 rings (SSSR count). The molecule has 29 heavy (non-hydrogen) atoms. The molecule has 0 aliphatic carbocycles. The minimum atomic E-state index is -3.34. The molecule has 0 unspecified atom stereocenters. The van der Waals surface area contributed by atoms with Gasteiger partial charge in [-0.3, -0.25) is 4.79 Å². The molecule has 154 valence electrons. The predicted molar refractivity (Wildman–Crippen MR) is 117 cm³/mol. The number of nitrogens with zero attached hydrogens (tertiary/aromatic N) is 1. The highest BCUT2D eigenvalue weighted by Gasteiger charge is 2.28. The number of rotatable bonds is 6. The van der Waals surface area contributed by atoms with E-state index in [1.165, 1.54) is 9.87 Å². The lowest BCUT2D eigenvalue weighted by atomic mass is 10.0. The first-order chi connectivity index (χ1) is 13.8. The number of aryl methyl sites for hydroxylation is 2. The van der Waals surface area contributed by atoms with Gasteiger partial charge in [0, 0.05) is 25.2 Å². The van der Waals surface area contributed by atoms with E-state index in [2.05, 4.69) is 11.4 Å². The van der Waals surface area contributed by atoms with Crippen LogP contribution in [0.2, 0.25) is 0 Å². The standard InChI is InChI=1S/C23H28N2O3S/c1-18-8-9-21(19(2)16-18)10-11-23(26)24-22-12-14-25(15-13-22)29(27,28)17-20-6-4-3-5-7-20/h3-11,16,22H,12-15,17H2,1-2H3,(H,24,26)/b11-10+. The molecule has 1 N–H and O–H groups in total. The molecule has 1 amide bonds. The summed E-state index contributed by atoms with van der Waals surface area (Å²) in [7, 11) is -3.34. The minimum absolute atomic E-state index is 0.00515. The zero-order chi connectivity index (χ0) is 20.9. The number of sulfonamides is 1. The van der Waals surface area contributed by atoms with Crippen molar-refractivity contribution in [3.05, 3.63) is 76.9 Å². The molecule has 1 aliphatic heterocycles. The number of benzene rings is 2. The SMILES string of the molecule is Cc1ccc(/C=C/C(=O)NC2CCN(S(=O)(=O)Cc3ccccc3)CC2)c(C)c1. The Bertz CT molecular complexity index is 976. The number of piperidine rings is 1. The molecule has 0 aromatic heterocycles. The number of hydrogen-bond donors (Lipinski definition) is 1. The lowest BCUT2D eigenvalue weighted by Gasteiger charge is -2.31. The number of amides is 1. The molecular formula is C23H28N2O3S. The Hall–Kier alpha value is -2.44. The smallest absolute Gasteiger partial charge is 0.244 e. The van der Waals surface area contributed by atoms with Crippen LogP contribution in [0.25, 0.3) is 6.08 Å². The summed E-state index contributed by atoms with van der Waals surface area (Å²) in [5.41, 5.74) is 4.14. The number of carbonyl (C=O) groups excluding carboxylic acids is 1. The van der Waals surface area contributed by atoms with Crippen LogP contribution in [0.15, 0.2) is 54.6 Å². The fourth-order valence-corrected chi connectivity index (χ4v) is 5.15. The van der Waals surface area contributed by atoms with Gasteiger partial charge >= 0.3 is 0 Å². The van der Waals surface area contributed by atoms with Crippen LogP contribution in [0.1, 0.15) is 35.1 Å². The molecular weight excluding hydrogens is 384 g/mol. The summed E-state index contributed by atoms with van der Waals surface area (Å²) < 4.78 is 26.8. The van der Waals surface area contributed by atoms with Gasteiger partial charge in [-0.25, -0.2) is 12.7 Å². The zero-order valence-electron chi connectivity index (χ0n) is 17.0. The van der Waals surface area contributed by atoms with Crippen LogP contribution in [0.5, 0.6) is 0 Å². The summed E-state index contributed by atoms with van der Waals surface area (Å²) in [6, 6.07) is 15.3. The summed E-state index contributed by atoms with van der Waals surface area (Å²) in [4.78, 5) is 12.3. The van der Waals surface area contributed by atoms with E-state index in [9.17, 15) is 13.2 Å². The van der Waals surface area contributed by atoms with E-state index in [4.69, 9.17) is 0 Å². The van der Waals surface area contributed by atoms with Crippen molar-refractivity contribution in [2.45, 2.75) is 38.5 Å². The van der Waals surface area contributed by atoms with Gasteiger partial charge in [0.05, 0.1) is 5.75 Å². The average molecular weight is 413 g/mol. The topological polar surface area (TPSA) is 66.5 Å². The van der Waals surface area contributed by atoms with E-state index in [1.54, 1.807) is 6.08 Å². The molecule has 0 spiro atoms. The molecule has 1 heterocycles. The maximum absolute atomic E-state index is 12.6. The Morgan fingerprint density at radius 1 is 1.10 bits per heavy atom. The summed E-state index contributed by atoms with van der Waals surface area (Å²) in [5.74, 6) is -0.126. The van der Waals surface area contributed by atoms with Crippen molar-refractivity contribution in [1.82, 2.24) is 9.62 Å². The summed E-state index contributed by atoms with van der Waals surface area (Å²) >= 11 is 0. The molecule has 1 fully saturated rings. The van der Waals surface area contributed by atoms with Gasteiger partial charge in [0.25, 0.3) is 0 Å². The van der Waals surface area contributed by atoms with Crippen LogP contribution in [-0.2, 0) is 20.6 Å². The highest BCUT2D eigenvalue weighted by atomic mass is 32.2. The second-order valence-electron chi connectivity index (χ2n) is 7.62.